The Morgan fingerprint density at radius 2 is 1.57 bits per heavy atom. The fraction of sp³-hybridized carbons (Fsp3) is 0.136. The van der Waals surface area contributed by atoms with Gasteiger partial charge < -0.3 is 14.2 Å². The standard InChI is InChI=1S/C22H20N2O4/c1-23(19-13-7-6-11-17(19)22(27)28-2)20(25)18-12-8-14-24(21(18)26)15-16-9-4-3-5-10-16/h3-14H,15H2,1-2H3. The largest absolute Gasteiger partial charge is 0.465 e. The number of anilines is 1. The summed E-state index contributed by atoms with van der Waals surface area (Å²) in [6.45, 7) is 0.364. The molecule has 0 radical (unpaired) electrons. The van der Waals surface area contributed by atoms with Crippen LogP contribution >= 0.6 is 0 Å². The van der Waals surface area contributed by atoms with Gasteiger partial charge in [-0.05, 0) is 29.8 Å². The Morgan fingerprint density at radius 1 is 0.929 bits per heavy atom. The number of carbonyl (C=O) groups is 2. The van der Waals surface area contributed by atoms with Gasteiger partial charge in [-0.25, -0.2) is 4.79 Å². The first-order chi connectivity index (χ1) is 13.5. The molecule has 0 saturated heterocycles. The van der Waals surface area contributed by atoms with Crippen molar-refractivity contribution >= 4 is 17.6 Å². The van der Waals surface area contributed by atoms with Crippen LogP contribution in [-0.4, -0.2) is 30.6 Å². The predicted molar refractivity (Wildman–Crippen MR) is 107 cm³/mol. The van der Waals surface area contributed by atoms with Crippen molar-refractivity contribution in [2.24, 2.45) is 0 Å². The molecule has 0 N–H and O–H groups in total. The Hall–Kier alpha value is -3.67. The van der Waals surface area contributed by atoms with E-state index in [1.807, 2.05) is 30.3 Å². The molecule has 0 aliphatic heterocycles. The Morgan fingerprint density at radius 3 is 2.29 bits per heavy atom. The van der Waals surface area contributed by atoms with E-state index in [2.05, 4.69) is 0 Å². The summed E-state index contributed by atoms with van der Waals surface area (Å²) in [5, 5.41) is 0. The minimum absolute atomic E-state index is 0.0283. The maximum Gasteiger partial charge on any atom is 0.339 e. The molecule has 0 saturated carbocycles. The average Bonchev–Trinajstić information content (AvgIpc) is 2.74. The van der Waals surface area contributed by atoms with Crippen LogP contribution in [0.5, 0.6) is 0 Å². The molecule has 1 heterocycles. The lowest BCUT2D eigenvalue weighted by Gasteiger charge is -2.20. The Labute approximate surface area is 162 Å². The van der Waals surface area contributed by atoms with Gasteiger partial charge in [0, 0.05) is 13.2 Å². The number of esters is 1. The summed E-state index contributed by atoms with van der Waals surface area (Å²) >= 11 is 0. The molecular weight excluding hydrogens is 356 g/mol. The van der Waals surface area contributed by atoms with Gasteiger partial charge in [-0.2, -0.15) is 0 Å². The molecule has 0 unspecified atom stereocenters. The molecule has 0 bridgehead atoms. The molecule has 0 atom stereocenters. The molecule has 1 amide bonds. The number of ether oxygens (including phenoxy) is 1. The Balaban J connectivity index is 1.94. The molecule has 2 aromatic carbocycles. The van der Waals surface area contributed by atoms with E-state index in [1.165, 1.54) is 29.7 Å². The van der Waals surface area contributed by atoms with Crippen LogP contribution < -0.4 is 10.5 Å². The van der Waals surface area contributed by atoms with E-state index in [-0.39, 0.29) is 11.1 Å². The first-order valence-electron chi connectivity index (χ1n) is 8.71. The van der Waals surface area contributed by atoms with E-state index in [0.717, 1.165) is 5.56 Å². The second kappa shape index (κ2) is 8.35. The summed E-state index contributed by atoms with van der Waals surface area (Å²) in [4.78, 5) is 39.1. The number of amides is 1. The zero-order valence-electron chi connectivity index (χ0n) is 15.7. The topological polar surface area (TPSA) is 68.6 Å². The maximum atomic E-state index is 13.0. The predicted octanol–water partition coefficient (Wildman–Crippen LogP) is 2.96. The molecule has 0 aliphatic carbocycles. The fourth-order valence-electron chi connectivity index (χ4n) is 2.94. The summed E-state index contributed by atoms with van der Waals surface area (Å²) in [5.74, 6) is -1.05. The van der Waals surface area contributed by atoms with Gasteiger partial charge in [0.1, 0.15) is 5.56 Å². The molecule has 142 valence electrons. The number of nitrogens with zero attached hydrogens (tertiary/aromatic N) is 2. The van der Waals surface area contributed by atoms with Crippen molar-refractivity contribution in [3.05, 3.63) is 100.0 Å². The maximum absolute atomic E-state index is 13.0. The van der Waals surface area contributed by atoms with Gasteiger partial charge in [0.05, 0.1) is 24.9 Å². The van der Waals surface area contributed by atoms with Gasteiger partial charge >= 0.3 is 5.97 Å². The van der Waals surface area contributed by atoms with Gasteiger partial charge in [0.25, 0.3) is 11.5 Å². The minimum atomic E-state index is -0.551. The van der Waals surface area contributed by atoms with Gasteiger partial charge in [-0.1, -0.05) is 42.5 Å². The van der Waals surface area contributed by atoms with Crippen LogP contribution in [0.3, 0.4) is 0 Å². The monoisotopic (exact) mass is 376 g/mol. The van der Waals surface area contributed by atoms with Crippen molar-refractivity contribution in [1.29, 1.82) is 0 Å². The van der Waals surface area contributed by atoms with Crippen molar-refractivity contribution in [2.75, 3.05) is 19.1 Å². The van der Waals surface area contributed by atoms with Crippen molar-refractivity contribution in [3.63, 3.8) is 0 Å². The van der Waals surface area contributed by atoms with E-state index >= 15 is 0 Å². The highest BCUT2D eigenvalue weighted by molar-refractivity contribution is 6.09. The number of hydrogen-bond donors (Lipinski definition) is 0. The van der Waals surface area contributed by atoms with Crippen LogP contribution in [0.2, 0.25) is 0 Å². The van der Waals surface area contributed by atoms with E-state index in [0.29, 0.717) is 12.2 Å². The molecule has 3 rings (SSSR count). The van der Waals surface area contributed by atoms with E-state index in [9.17, 15) is 14.4 Å². The molecule has 0 aliphatic rings. The highest BCUT2D eigenvalue weighted by Gasteiger charge is 2.22. The smallest absolute Gasteiger partial charge is 0.339 e. The van der Waals surface area contributed by atoms with E-state index in [1.54, 1.807) is 36.5 Å². The van der Waals surface area contributed by atoms with Crippen LogP contribution in [0.4, 0.5) is 5.69 Å². The quantitative estimate of drug-likeness (QED) is 0.642. The van der Waals surface area contributed by atoms with Crippen molar-refractivity contribution in [3.8, 4) is 0 Å². The Kier molecular flexibility index (Phi) is 5.69. The van der Waals surface area contributed by atoms with Crippen LogP contribution in [0.25, 0.3) is 0 Å². The normalized spacial score (nSPS) is 10.4. The first kappa shape index (κ1) is 19.1. The molecule has 28 heavy (non-hydrogen) atoms. The summed E-state index contributed by atoms with van der Waals surface area (Å²) < 4.78 is 6.27. The number of hydrogen-bond acceptors (Lipinski definition) is 4. The van der Waals surface area contributed by atoms with Crippen molar-refractivity contribution < 1.29 is 14.3 Å². The summed E-state index contributed by atoms with van der Waals surface area (Å²) in [6, 6.07) is 19.3. The average molecular weight is 376 g/mol. The number of aromatic nitrogens is 1. The number of benzene rings is 2. The number of methoxy groups -OCH3 is 1. The summed E-state index contributed by atoms with van der Waals surface area (Å²) in [7, 11) is 2.80. The number of carbonyl (C=O) groups excluding carboxylic acids is 2. The highest BCUT2D eigenvalue weighted by Crippen LogP contribution is 2.21. The zero-order valence-corrected chi connectivity index (χ0v) is 15.7. The van der Waals surface area contributed by atoms with Crippen LogP contribution in [0.1, 0.15) is 26.3 Å². The van der Waals surface area contributed by atoms with E-state index < -0.39 is 17.4 Å². The molecule has 3 aromatic rings. The third-order valence-electron chi connectivity index (χ3n) is 4.42. The molecule has 6 heteroatoms. The second-order valence-corrected chi connectivity index (χ2v) is 6.21. The molecule has 6 nitrogen and oxygen atoms in total. The molecule has 0 spiro atoms. The third kappa shape index (κ3) is 3.86. The molecule has 1 aromatic heterocycles. The first-order valence-corrected chi connectivity index (χ1v) is 8.71. The van der Waals surface area contributed by atoms with Crippen LogP contribution in [0.15, 0.2) is 77.7 Å². The Bertz CT molecular complexity index is 1060. The fourth-order valence-corrected chi connectivity index (χ4v) is 2.94. The van der Waals surface area contributed by atoms with Gasteiger partial charge in [-0.15, -0.1) is 0 Å². The van der Waals surface area contributed by atoms with Gasteiger partial charge in [0.15, 0.2) is 0 Å². The number of para-hydroxylation sites is 1. The van der Waals surface area contributed by atoms with Crippen molar-refractivity contribution in [1.82, 2.24) is 4.57 Å². The van der Waals surface area contributed by atoms with Gasteiger partial charge in [-0.3, -0.25) is 9.59 Å². The third-order valence-corrected chi connectivity index (χ3v) is 4.42. The van der Waals surface area contributed by atoms with Crippen molar-refractivity contribution in [2.45, 2.75) is 6.54 Å². The zero-order chi connectivity index (χ0) is 20.1. The second-order valence-electron chi connectivity index (χ2n) is 6.21. The van der Waals surface area contributed by atoms with Gasteiger partial charge in [0.2, 0.25) is 0 Å². The van der Waals surface area contributed by atoms with E-state index in [4.69, 9.17) is 4.74 Å². The summed E-state index contributed by atoms with van der Waals surface area (Å²) in [6.07, 6.45) is 1.65. The lowest BCUT2D eigenvalue weighted by atomic mass is 10.1. The molecular formula is C22H20N2O4. The SMILES string of the molecule is COC(=O)c1ccccc1N(C)C(=O)c1cccn(Cc2ccccc2)c1=O. The lowest BCUT2D eigenvalue weighted by Crippen LogP contribution is -2.35. The highest BCUT2D eigenvalue weighted by atomic mass is 16.5. The lowest BCUT2D eigenvalue weighted by molar-refractivity contribution is 0.0601. The van der Waals surface area contributed by atoms with Crippen LogP contribution in [0, 0.1) is 0 Å². The minimum Gasteiger partial charge on any atom is -0.465 e. The number of rotatable bonds is 5. The summed E-state index contributed by atoms with van der Waals surface area (Å²) in [5.41, 5.74) is 1.22. The molecule has 0 fully saturated rings. The number of pyridine rings is 1. The van der Waals surface area contributed by atoms with Crippen LogP contribution in [-0.2, 0) is 11.3 Å².